The summed E-state index contributed by atoms with van der Waals surface area (Å²) in [6, 6.07) is 59.8. The van der Waals surface area contributed by atoms with Gasteiger partial charge in [-0.1, -0.05) is 140 Å². The molecule has 0 aliphatic carbocycles. The van der Waals surface area contributed by atoms with Crippen molar-refractivity contribution in [1.29, 1.82) is 0 Å². The minimum Gasteiger partial charge on any atom is -0.307 e. The van der Waals surface area contributed by atoms with Gasteiger partial charge in [0.15, 0.2) is 0 Å². The van der Waals surface area contributed by atoms with Crippen LogP contribution in [0.25, 0.3) is 83.1 Å². The van der Waals surface area contributed by atoms with Gasteiger partial charge in [0, 0.05) is 27.5 Å². The average molecular weight is 546 g/mol. The van der Waals surface area contributed by atoms with E-state index in [1.54, 1.807) is 0 Å². The summed E-state index contributed by atoms with van der Waals surface area (Å²) >= 11 is 0. The summed E-state index contributed by atoms with van der Waals surface area (Å²) in [5, 5.41) is 2.55. The van der Waals surface area contributed by atoms with E-state index in [9.17, 15) is 0 Å². The van der Waals surface area contributed by atoms with Gasteiger partial charge in [-0.3, -0.25) is 0 Å². The lowest BCUT2D eigenvalue weighted by molar-refractivity contribution is 1.19. The Balaban J connectivity index is 1.42. The number of nitrogens with zero attached hydrogens (tertiary/aromatic N) is 1. The molecule has 2 heterocycles. The fraction of sp³-hybridized carbons (Fsp3) is 0. The van der Waals surface area contributed by atoms with Gasteiger partial charge in [-0.2, -0.15) is 0 Å². The van der Waals surface area contributed by atoms with Crippen LogP contribution in [0.1, 0.15) is 0 Å². The predicted molar refractivity (Wildman–Crippen MR) is 182 cm³/mol. The Hall–Kier alpha value is -5.66. The van der Waals surface area contributed by atoms with Crippen molar-refractivity contribution in [3.05, 3.63) is 164 Å². The molecule has 8 aromatic rings. The Bertz CT molecular complexity index is 2320. The van der Waals surface area contributed by atoms with Crippen LogP contribution in [0.2, 0.25) is 0 Å². The smallest absolute Gasteiger partial charge is 0.0620 e. The first-order valence-corrected chi connectivity index (χ1v) is 14.9. The van der Waals surface area contributed by atoms with Crippen LogP contribution in [-0.2, 0) is 0 Å². The first kappa shape index (κ1) is 24.0. The summed E-state index contributed by atoms with van der Waals surface area (Å²) in [6.07, 6.45) is 0. The summed E-state index contributed by atoms with van der Waals surface area (Å²) in [7, 11) is 0. The normalized spacial score (nSPS) is 11.7. The molecule has 0 fully saturated rings. The first-order chi connectivity index (χ1) is 21.3. The Morgan fingerprint density at radius 2 is 0.860 bits per heavy atom. The van der Waals surface area contributed by atoms with Crippen molar-refractivity contribution in [1.82, 2.24) is 4.57 Å². The first-order valence-electron chi connectivity index (χ1n) is 14.9. The highest BCUT2D eigenvalue weighted by Gasteiger charge is 2.27. The highest BCUT2D eigenvalue weighted by atomic mass is 15.0. The molecule has 0 spiro atoms. The molecule has 0 unspecified atom stereocenters. The van der Waals surface area contributed by atoms with Gasteiger partial charge in [0.1, 0.15) is 0 Å². The van der Waals surface area contributed by atoms with Gasteiger partial charge in [-0.25, -0.2) is 0 Å². The molecule has 200 valence electrons. The van der Waals surface area contributed by atoms with Crippen molar-refractivity contribution in [3.8, 4) is 61.3 Å². The molecule has 7 aromatic carbocycles. The second-order valence-corrected chi connectivity index (χ2v) is 11.3. The van der Waals surface area contributed by atoms with Gasteiger partial charge in [0.05, 0.1) is 16.7 Å². The third-order valence-electron chi connectivity index (χ3n) is 8.92. The van der Waals surface area contributed by atoms with Crippen molar-refractivity contribution in [2.24, 2.45) is 0 Å². The van der Waals surface area contributed by atoms with Crippen molar-refractivity contribution in [3.63, 3.8) is 0 Å². The molecule has 0 atom stereocenters. The second-order valence-electron chi connectivity index (χ2n) is 11.3. The van der Waals surface area contributed by atoms with E-state index in [2.05, 4.69) is 168 Å². The van der Waals surface area contributed by atoms with E-state index in [0.717, 1.165) is 0 Å². The van der Waals surface area contributed by atoms with Gasteiger partial charge in [0.2, 0.25) is 0 Å². The van der Waals surface area contributed by atoms with E-state index < -0.39 is 0 Å². The lowest BCUT2D eigenvalue weighted by Crippen LogP contribution is -1.99. The largest absolute Gasteiger partial charge is 0.307 e. The molecule has 1 heteroatoms. The van der Waals surface area contributed by atoms with Gasteiger partial charge in [-0.15, -0.1) is 0 Å². The third-order valence-corrected chi connectivity index (χ3v) is 8.92. The molecule has 1 aliphatic heterocycles. The Labute approximate surface area is 250 Å². The maximum absolute atomic E-state index is 2.53. The van der Waals surface area contributed by atoms with Crippen LogP contribution in [-0.4, -0.2) is 4.57 Å². The summed E-state index contributed by atoms with van der Waals surface area (Å²) < 4.78 is 2.53. The molecule has 0 N–H and O–H groups in total. The summed E-state index contributed by atoms with van der Waals surface area (Å²) in [6.45, 7) is 0. The Morgan fingerprint density at radius 1 is 0.302 bits per heavy atom. The van der Waals surface area contributed by atoms with Crippen molar-refractivity contribution >= 4 is 21.8 Å². The summed E-state index contributed by atoms with van der Waals surface area (Å²) in [4.78, 5) is 0. The zero-order valence-electron chi connectivity index (χ0n) is 23.5. The van der Waals surface area contributed by atoms with Crippen LogP contribution in [0.4, 0.5) is 0 Å². The van der Waals surface area contributed by atoms with Crippen LogP contribution in [0, 0.1) is 0 Å². The molecule has 0 radical (unpaired) electrons. The minimum atomic E-state index is 1.22. The topological polar surface area (TPSA) is 4.93 Å². The van der Waals surface area contributed by atoms with Gasteiger partial charge in [0.25, 0.3) is 0 Å². The highest BCUT2D eigenvalue weighted by molar-refractivity contribution is 6.18. The monoisotopic (exact) mass is 545 g/mol. The van der Waals surface area contributed by atoms with Gasteiger partial charge in [-0.05, 0) is 63.2 Å². The predicted octanol–water partition coefficient (Wildman–Crippen LogP) is 11.4. The van der Waals surface area contributed by atoms with Crippen LogP contribution < -0.4 is 0 Å². The van der Waals surface area contributed by atoms with E-state index in [1.807, 2.05) is 0 Å². The molecule has 0 amide bonds. The number of para-hydroxylation sites is 2. The van der Waals surface area contributed by atoms with Crippen LogP contribution in [0.5, 0.6) is 0 Å². The Morgan fingerprint density at radius 3 is 1.65 bits per heavy atom. The maximum Gasteiger partial charge on any atom is 0.0620 e. The van der Waals surface area contributed by atoms with Crippen LogP contribution >= 0.6 is 0 Å². The molecular weight excluding hydrogens is 518 g/mol. The van der Waals surface area contributed by atoms with E-state index in [4.69, 9.17) is 0 Å². The van der Waals surface area contributed by atoms with Crippen LogP contribution in [0.15, 0.2) is 164 Å². The molecular formula is C42H27N. The maximum atomic E-state index is 2.53. The lowest BCUT2D eigenvalue weighted by atomic mass is 9.89. The summed E-state index contributed by atoms with van der Waals surface area (Å²) in [5.74, 6) is 0. The number of hydrogen-bond acceptors (Lipinski definition) is 0. The summed E-state index contributed by atoms with van der Waals surface area (Å²) in [5.41, 5.74) is 16.1. The van der Waals surface area contributed by atoms with Crippen molar-refractivity contribution in [2.45, 2.75) is 0 Å². The van der Waals surface area contributed by atoms with Crippen molar-refractivity contribution in [2.75, 3.05) is 0 Å². The third kappa shape index (κ3) is 3.65. The quantitative estimate of drug-likeness (QED) is 0.208. The molecule has 9 rings (SSSR count). The molecule has 0 bridgehead atoms. The van der Waals surface area contributed by atoms with E-state index in [0.29, 0.717) is 0 Å². The lowest BCUT2D eigenvalue weighted by Gasteiger charge is -2.17. The fourth-order valence-corrected chi connectivity index (χ4v) is 7.02. The zero-order chi connectivity index (χ0) is 28.3. The molecule has 1 aromatic heterocycles. The molecule has 0 saturated carbocycles. The number of benzene rings is 7. The fourth-order valence-electron chi connectivity index (χ4n) is 7.02. The van der Waals surface area contributed by atoms with E-state index in [1.165, 1.54) is 83.1 Å². The van der Waals surface area contributed by atoms with Gasteiger partial charge >= 0.3 is 0 Å². The number of aromatic nitrogens is 1. The molecule has 1 nitrogen and oxygen atoms in total. The van der Waals surface area contributed by atoms with Crippen LogP contribution in [0.3, 0.4) is 0 Å². The molecule has 43 heavy (non-hydrogen) atoms. The van der Waals surface area contributed by atoms with E-state index in [-0.39, 0.29) is 0 Å². The average Bonchev–Trinajstić information content (AvgIpc) is 3.36. The number of rotatable bonds is 3. The SMILES string of the molecule is c1ccc(-c2cccc(-c3cc4c5c(c3)c3ccccc3n5-c3c(-c5ccccc5)cccc3-c3ccccc3-4)c2)cc1. The number of fused-ring (bicyclic) bond motifs is 8. The highest BCUT2D eigenvalue weighted by Crippen LogP contribution is 2.50. The van der Waals surface area contributed by atoms with E-state index >= 15 is 0 Å². The standard InChI is InChI=1S/C42H27N/c1-3-13-28(14-4-1)30-17-11-18-31(25-30)32-26-38-35-20-8-7-19-34(35)37-23-12-22-33(29-15-5-2-6-16-29)41(37)43-40-24-10-9-21-36(40)39(27-32)42(38)43/h1-27H. The number of hydrogen-bond donors (Lipinski definition) is 0. The second kappa shape index (κ2) is 9.44. The Kier molecular flexibility index (Phi) is 5.27. The van der Waals surface area contributed by atoms with Gasteiger partial charge < -0.3 is 4.57 Å². The molecule has 0 saturated heterocycles. The minimum absolute atomic E-state index is 1.22. The molecule has 1 aliphatic rings. The van der Waals surface area contributed by atoms with Crippen molar-refractivity contribution < 1.29 is 0 Å². The zero-order valence-corrected chi connectivity index (χ0v) is 23.5.